The Labute approximate surface area is 347 Å². The number of rotatable bonds is 15. The number of carbonyl (C=O) groups is 2. The number of nitrogen functional groups attached to an aromatic ring is 1. The molecule has 58 heavy (non-hydrogen) atoms. The van der Waals surface area contributed by atoms with Gasteiger partial charge < -0.3 is 49.5 Å². The van der Waals surface area contributed by atoms with Gasteiger partial charge >= 0.3 is 11.7 Å². The number of phenols is 1. The predicted octanol–water partition coefficient (Wildman–Crippen LogP) is 5.86. The third-order valence-corrected chi connectivity index (χ3v) is 11.4. The standard InChI is InChI=1S/C36H33Cl4N4O13P/c37-19-9-16-25(12-22(19)45)56-26-13-23(46)20(38)10-17(26)30(16)32-31(35(49)50)21(39)11-18(33(32)40)34(48)42-6-3-1-2-4-8-54-58(52,53)55-15-27-24(47)14-29(57-27)44-7-5-28(41)43-36(44)51/h5,7,9-13,24,27,29,45,47H,1-4,6,8,14-15H2,(H,42,48)(H,49,50)(H,52,53)(H2,41,43,51)/p-1/t24-,27-,29-/m1/s1. The molecule has 1 saturated heterocycles. The number of hydrogen-bond donors (Lipinski definition) is 5. The number of benzene rings is 3. The molecule has 3 aromatic rings. The number of carbonyl (C=O) groups excluding carboxylic acids is 1. The molecule has 0 radical (unpaired) electrons. The molecule has 1 unspecified atom stereocenters. The van der Waals surface area contributed by atoms with E-state index in [0.717, 1.165) is 16.7 Å². The number of fused-ring (bicyclic) bond motifs is 2. The molecule has 17 nitrogen and oxygen atoms in total. The summed E-state index contributed by atoms with van der Waals surface area (Å²) < 4.78 is 34.7. The number of hydrogen-bond acceptors (Lipinski definition) is 14. The van der Waals surface area contributed by atoms with Crippen molar-refractivity contribution in [2.24, 2.45) is 0 Å². The Morgan fingerprint density at radius 1 is 1.02 bits per heavy atom. The number of carboxylic acids is 1. The van der Waals surface area contributed by atoms with Gasteiger partial charge in [0.2, 0.25) is 5.43 Å². The molecule has 6 rings (SSSR count). The van der Waals surface area contributed by atoms with E-state index in [0.29, 0.717) is 25.7 Å². The number of aromatic hydroxyl groups is 1. The van der Waals surface area contributed by atoms with E-state index in [9.17, 15) is 44.0 Å². The van der Waals surface area contributed by atoms with Crippen LogP contribution in [0.25, 0.3) is 33.4 Å². The van der Waals surface area contributed by atoms with Crippen LogP contribution in [-0.2, 0) is 18.3 Å². The quantitative estimate of drug-likeness (QED) is 0.0468. The van der Waals surface area contributed by atoms with E-state index in [2.05, 4.69) is 10.3 Å². The van der Waals surface area contributed by atoms with Gasteiger partial charge in [0, 0.05) is 53.4 Å². The first-order valence-electron chi connectivity index (χ1n) is 17.4. The first kappa shape index (κ1) is 43.3. The minimum absolute atomic E-state index is 0.00106. The first-order chi connectivity index (χ1) is 27.5. The summed E-state index contributed by atoms with van der Waals surface area (Å²) in [6.45, 7) is -0.608. The zero-order valence-corrected chi connectivity index (χ0v) is 33.7. The van der Waals surface area contributed by atoms with Gasteiger partial charge in [0.25, 0.3) is 13.7 Å². The lowest BCUT2D eigenvalue weighted by molar-refractivity contribution is -0.228. The molecule has 3 aliphatic rings. The number of ether oxygens (including phenoxy) is 1. The summed E-state index contributed by atoms with van der Waals surface area (Å²) in [4.78, 5) is 66.5. The topological polar surface area (TPSA) is 266 Å². The number of carboxylic acid groups (broad SMARTS) is 1. The maximum Gasteiger partial charge on any atom is 0.351 e. The van der Waals surface area contributed by atoms with Crippen molar-refractivity contribution in [3.63, 3.8) is 0 Å². The van der Waals surface area contributed by atoms with Crippen LogP contribution in [0.5, 0.6) is 5.75 Å². The maximum atomic E-state index is 13.5. The fourth-order valence-corrected chi connectivity index (χ4v) is 8.04. The van der Waals surface area contributed by atoms with Crippen LogP contribution in [0, 0.1) is 0 Å². The molecule has 308 valence electrons. The number of anilines is 1. The molecule has 0 bridgehead atoms. The molecule has 22 heteroatoms. The van der Waals surface area contributed by atoms with Crippen molar-refractivity contribution in [2.45, 2.75) is 50.5 Å². The SMILES string of the molecule is Nc1ccn([C@H]2C[C@@H](O)[C@@H](COP(=O)([O-])OCCCCCCNC(=O)c3cc(Cl)c(C(=O)O)c(-c4c5cc(Cl)c(=O)cc-5oc5cc(O)c(Cl)cc45)c3Cl)O2)c(=O)n1. The second-order valence-electron chi connectivity index (χ2n) is 13.1. The molecule has 2 aromatic carbocycles. The molecule has 0 spiro atoms. The van der Waals surface area contributed by atoms with E-state index in [-0.39, 0.29) is 90.2 Å². The second kappa shape index (κ2) is 17.9. The molecule has 1 amide bonds. The predicted molar refractivity (Wildman–Crippen MR) is 211 cm³/mol. The number of aromatic carboxylic acids is 1. The summed E-state index contributed by atoms with van der Waals surface area (Å²) in [6.07, 6.45) is 0.0618. The van der Waals surface area contributed by atoms with Gasteiger partial charge in [-0.05, 0) is 37.1 Å². The highest BCUT2D eigenvalue weighted by Gasteiger charge is 2.36. The average Bonchev–Trinajstić information content (AvgIpc) is 3.52. The number of aliphatic hydroxyl groups excluding tert-OH is 1. The number of phosphoric ester groups is 1. The van der Waals surface area contributed by atoms with E-state index in [1.807, 2.05) is 0 Å². The monoisotopic (exact) mass is 899 g/mol. The molecular weight excluding hydrogens is 869 g/mol. The van der Waals surface area contributed by atoms with E-state index >= 15 is 0 Å². The minimum Gasteiger partial charge on any atom is -0.756 e. The summed E-state index contributed by atoms with van der Waals surface area (Å²) in [5.41, 5.74) is 3.57. The number of phenolic OH excluding ortho intramolecular Hbond substituents is 1. The molecule has 3 heterocycles. The third-order valence-electron chi connectivity index (χ3n) is 9.13. The largest absolute Gasteiger partial charge is 0.756 e. The Morgan fingerprint density at radius 3 is 2.48 bits per heavy atom. The van der Waals surface area contributed by atoms with Crippen LogP contribution in [0.4, 0.5) is 5.82 Å². The molecule has 6 N–H and O–H groups in total. The minimum atomic E-state index is -4.77. The summed E-state index contributed by atoms with van der Waals surface area (Å²) >= 11 is 25.8. The Kier molecular flexibility index (Phi) is 13.4. The third kappa shape index (κ3) is 9.45. The Balaban J connectivity index is 1.05. The number of nitrogens with zero attached hydrogens (tertiary/aromatic N) is 2. The van der Waals surface area contributed by atoms with Crippen molar-refractivity contribution in [3.8, 4) is 28.2 Å². The highest BCUT2D eigenvalue weighted by Crippen LogP contribution is 2.48. The zero-order chi connectivity index (χ0) is 42.1. The number of amides is 1. The van der Waals surface area contributed by atoms with E-state index in [4.69, 9.17) is 70.3 Å². The average molecular weight is 901 g/mol. The lowest BCUT2D eigenvalue weighted by Gasteiger charge is -2.25. The highest BCUT2D eigenvalue weighted by molar-refractivity contribution is 7.45. The number of halogens is 4. The summed E-state index contributed by atoms with van der Waals surface area (Å²) in [5, 5.41) is 32.8. The lowest BCUT2D eigenvalue weighted by Crippen LogP contribution is -2.29. The number of nitrogens with one attached hydrogen (secondary N) is 1. The van der Waals surface area contributed by atoms with Crippen LogP contribution in [0.2, 0.25) is 20.1 Å². The van der Waals surface area contributed by atoms with Crippen LogP contribution in [0.1, 0.15) is 59.0 Å². The number of nitrogens with two attached hydrogens (primary N) is 1. The summed E-state index contributed by atoms with van der Waals surface area (Å²) in [7, 11) is -4.77. The molecular formula is C36H32Cl4N4O13P-. The lowest BCUT2D eigenvalue weighted by atomic mass is 9.89. The number of aliphatic hydroxyl groups is 1. The molecule has 1 aromatic heterocycles. The highest BCUT2D eigenvalue weighted by atomic mass is 35.5. The molecule has 4 atom stereocenters. The van der Waals surface area contributed by atoms with E-state index < -0.39 is 61.4 Å². The Morgan fingerprint density at radius 2 is 1.76 bits per heavy atom. The van der Waals surface area contributed by atoms with Crippen molar-refractivity contribution >= 4 is 82.9 Å². The maximum absolute atomic E-state index is 13.5. The van der Waals surface area contributed by atoms with Gasteiger partial charge in [0.15, 0.2) is 0 Å². The van der Waals surface area contributed by atoms with E-state index in [1.165, 1.54) is 30.5 Å². The number of phosphoric acid groups is 1. The van der Waals surface area contributed by atoms with Gasteiger partial charge in [-0.1, -0.05) is 59.2 Å². The van der Waals surface area contributed by atoms with Crippen LogP contribution >= 0.6 is 54.2 Å². The molecule has 1 fully saturated rings. The van der Waals surface area contributed by atoms with Gasteiger partial charge in [-0.15, -0.1) is 0 Å². The number of unbranched alkanes of at least 4 members (excludes halogenated alkanes) is 3. The van der Waals surface area contributed by atoms with Crippen molar-refractivity contribution in [1.82, 2.24) is 14.9 Å². The van der Waals surface area contributed by atoms with Gasteiger partial charge in [-0.3, -0.25) is 18.7 Å². The second-order valence-corrected chi connectivity index (χ2v) is 16.1. The van der Waals surface area contributed by atoms with Crippen molar-refractivity contribution in [1.29, 1.82) is 0 Å². The number of aromatic nitrogens is 2. The normalized spacial score (nSPS) is 17.8. The molecule has 0 saturated carbocycles. The Bertz CT molecular complexity index is 2550. The van der Waals surface area contributed by atoms with Crippen molar-refractivity contribution in [3.05, 3.63) is 94.5 Å². The molecule has 1 aliphatic carbocycles. The van der Waals surface area contributed by atoms with Gasteiger partial charge in [-0.25, -0.2) is 9.59 Å². The van der Waals surface area contributed by atoms with Crippen molar-refractivity contribution < 1.29 is 52.6 Å². The smallest absolute Gasteiger partial charge is 0.351 e. The fraction of sp³-hybridized carbons (Fsp3) is 0.306. The van der Waals surface area contributed by atoms with Crippen LogP contribution in [0.3, 0.4) is 0 Å². The van der Waals surface area contributed by atoms with Crippen molar-refractivity contribution in [2.75, 3.05) is 25.5 Å². The van der Waals surface area contributed by atoms with Crippen LogP contribution < -0.4 is 27.1 Å². The summed E-state index contributed by atoms with van der Waals surface area (Å²) in [6, 6.07) is 7.31. The van der Waals surface area contributed by atoms with Crippen LogP contribution in [0.15, 0.2) is 56.6 Å². The van der Waals surface area contributed by atoms with Gasteiger partial charge in [0.05, 0.1) is 50.5 Å². The van der Waals surface area contributed by atoms with E-state index in [1.54, 1.807) is 0 Å². The van der Waals surface area contributed by atoms with Crippen LogP contribution in [-0.4, -0.2) is 68.7 Å². The first-order valence-corrected chi connectivity index (χ1v) is 20.3. The van der Waals surface area contributed by atoms with Gasteiger partial charge in [0.1, 0.15) is 35.2 Å². The van der Waals surface area contributed by atoms with Gasteiger partial charge in [-0.2, -0.15) is 4.98 Å². The zero-order valence-electron chi connectivity index (χ0n) is 29.8. The molecule has 2 aliphatic heterocycles. The summed E-state index contributed by atoms with van der Waals surface area (Å²) in [5.74, 6) is -2.56. The fourth-order valence-electron chi connectivity index (χ4n) is 6.34. The Hall–Kier alpha value is -4.26.